The second kappa shape index (κ2) is 7.57. The third-order valence-corrected chi connectivity index (χ3v) is 2.43. The molecule has 0 aliphatic heterocycles. The Morgan fingerprint density at radius 1 is 1.32 bits per heavy atom. The smallest absolute Gasteiger partial charge is 0.411 e. The molecule has 0 amide bonds. The molecule has 0 saturated carbocycles. The molecule has 1 aromatic carbocycles. The van der Waals surface area contributed by atoms with Crippen LogP contribution in [-0.4, -0.2) is 26.1 Å². The summed E-state index contributed by atoms with van der Waals surface area (Å²) in [5.41, 5.74) is 0.968. The predicted octanol–water partition coefficient (Wildman–Crippen LogP) is 3.36. The van der Waals surface area contributed by atoms with Crippen molar-refractivity contribution in [3.05, 3.63) is 28.8 Å². The van der Waals surface area contributed by atoms with Crippen molar-refractivity contribution in [2.75, 3.05) is 19.9 Å². The highest BCUT2D eigenvalue weighted by Crippen LogP contribution is 2.25. The molecule has 1 rings (SSSR count). The molecule has 7 heteroatoms. The topological polar surface area (TPSA) is 30.5 Å². The number of hydrogen-bond acceptors (Lipinski definition) is 3. The SMILES string of the molecule is CCNCc1ccc(OCOCC(F)(F)F)c(Cl)c1. The molecule has 0 aliphatic carbocycles. The number of ether oxygens (including phenoxy) is 2. The summed E-state index contributed by atoms with van der Waals surface area (Å²) in [6.07, 6.45) is -4.36. The second-order valence-electron chi connectivity index (χ2n) is 3.77. The Labute approximate surface area is 114 Å². The number of alkyl halides is 3. The van der Waals surface area contributed by atoms with Crippen LogP contribution in [0.3, 0.4) is 0 Å². The first kappa shape index (κ1) is 16.1. The Kier molecular flexibility index (Phi) is 6.41. The molecule has 3 nitrogen and oxygen atoms in total. The normalized spacial score (nSPS) is 11.6. The first-order valence-corrected chi connectivity index (χ1v) is 6.06. The van der Waals surface area contributed by atoms with Crippen molar-refractivity contribution < 1.29 is 22.6 Å². The molecule has 1 N–H and O–H groups in total. The minimum absolute atomic E-state index is 0.295. The van der Waals surface area contributed by atoms with Crippen LogP contribution in [0.1, 0.15) is 12.5 Å². The lowest BCUT2D eigenvalue weighted by molar-refractivity contribution is -0.186. The van der Waals surface area contributed by atoms with Crippen molar-refractivity contribution in [3.63, 3.8) is 0 Å². The molecule has 0 aliphatic rings. The fourth-order valence-corrected chi connectivity index (χ4v) is 1.56. The summed E-state index contributed by atoms with van der Waals surface area (Å²) in [4.78, 5) is 0. The first-order chi connectivity index (χ1) is 8.92. The van der Waals surface area contributed by atoms with Crippen molar-refractivity contribution in [2.45, 2.75) is 19.6 Å². The van der Waals surface area contributed by atoms with Crippen LogP contribution in [0.15, 0.2) is 18.2 Å². The Balaban J connectivity index is 2.42. The number of benzene rings is 1. The highest BCUT2D eigenvalue weighted by Gasteiger charge is 2.27. The quantitative estimate of drug-likeness (QED) is 0.618. The van der Waals surface area contributed by atoms with Crippen LogP contribution in [0.25, 0.3) is 0 Å². The molecule has 0 radical (unpaired) electrons. The van der Waals surface area contributed by atoms with Gasteiger partial charge in [0.05, 0.1) is 5.02 Å². The van der Waals surface area contributed by atoms with E-state index in [-0.39, 0.29) is 0 Å². The van der Waals surface area contributed by atoms with Gasteiger partial charge in [-0.1, -0.05) is 24.6 Å². The highest BCUT2D eigenvalue weighted by atomic mass is 35.5. The molecular weight excluding hydrogens is 283 g/mol. The van der Waals surface area contributed by atoms with Gasteiger partial charge in [0.1, 0.15) is 12.4 Å². The number of nitrogens with one attached hydrogen (secondary N) is 1. The van der Waals surface area contributed by atoms with E-state index >= 15 is 0 Å². The second-order valence-corrected chi connectivity index (χ2v) is 4.18. The Bertz CT molecular complexity index is 399. The van der Waals surface area contributed by atoms with Gasteiger partial charge in [0.25, 0.3) is 0 Å². The van der Waals surface area contributed by atoms with Gasteiger partial charge in [-0.15, -0.1) is 0 Å². The van der Waals surface area contributed by atoms with E-state index < -0.39 is 19.6 Å². The van der Waals surface area contributed by atoms with Gasteiger partial charge in [-0.05, 0) is 24.2 Å². The Hall–Kier alpha value is -0.980. The summed E-state index contributed by atoms with van der Waals surface area (Å²) < 4.78 is 44.8. The van der Waals surface area contributed by atoms with Gasteiger partial charge in [-0.3, -0.25) is 0 Å². The van der Waals surface area contributed by atoms with E-state index in [0.717, 1.165) is 12.1 Å². The third kappa shape index (κ3) is 6.66. The van der Waals surface area contributed by atoms with Gasteiger partial charge in [0.15, 0.2) is 6.79 Å². The average molecular weight is 298 g/mol. The van der Waals surface area contributed by atoms with E-state index in [1.54, 1.807) is 18.2 Å². The van der Waals surface area contributed by atoms with Crippen molar-refractivity contribution in [1.82, 2.24) is 5.32 Å². The third-order valence-electron chi connectivity index (χ3n) is 2.14. The average Bonchev–Trinajstić information content (AvgIpc) is 2.32. The molecule has 0 fully saturated rings. The Morgan fingerprint density at radius 2 is 2.05 bits per heavy atom. The molecule has 0 atom stereocenters. The zero-order chi connectivity index (χ0) is 14.3. The zero-order valence-corrected chi connectivity index (χ0v) is 11.1. The maximum Gasteiger partial charge on any atom is 0.411 e. The van der Waals surface area contributed by atoms with Gasteiger partial charge >= 0.3 is 6.18 Å². The Morgan fingerprint density at radius 3 is 2.63 bits per heavy atom. The summed E-state index contributed by atoms with van der Waals surface area (Å²) in [5.74, 6) is 0.295. The summed E-state index contributed by atoms with van der Waals surface area (Å²) in [7, 11) is 0. The van der Waals surface area contributed by atoms with Crippen molar-refractivity contribution in [2.24, 2.45) is 0 Å². The van der Waals surface area contributed by atoms with E-state index in [9.17, 15) is 13.2 Å². The van der Waals surface area contributed by atoms with Crippen LogP contribution in [0, 0.1) is 0 Å². The molecule has 1 aromatic rings. The predicted molar refractivity (Wildman–Crippen MR) is 66.3 cm³/mol. The van der Waals surface area contributed by atoms with E-state index in [2.05, 4.69) is 10.1 Å². The summed E-state index contributed by atoms with van der Waals surface area (Å²) in [5, 5.41) is 3.47. The van der Waals surface area contributed by atoms with Crippen molar-refractivity contribution >= 4 is 11.6 Å². The van der Waals surface area contributed by atoms with Crippen LogP contribution < -0.4 is 10.1 Å². The fraction of sp³-hybridized carbons (Fsp3) is 0.500. The highest BCUT2D eigenvalue weighted by molar-refractivity contribution is 6.32. The van der Waals surface area contributed by atoms with Crippen LogP contribution in [-0.2, 0) is 11.3 Å². The van der Waals surface area contributed by atoms with Crippen LogP contribution in [0.4, 0.5) is 13.2 Å². The summed E-state index contributed by atoms with van der Waals surface area (Å²) in [6, 6.07) is 5.09. The van der Waals surface area contributed by atoms with Crippen LogP contribution >= 0.6 is 11.6 Å². The largest absolute Gasteiger partial charge is 0.466 e. The van der Waals surface area contributed by atoms with Crippen molar-refractivity contribution in [1.29, 1.82) is 0 Å². The van der Waals surface area contributed by atoms with Gasteiger partial charge in [-0.2, -0.15) is 13.2 Å². The lowest BCUT2D eigenvalue weighted by atomic mass is 10.2. The summed E-state index contributed by atoms with van der Waals surface area (Å²) >= 11 is 5.95. The van der Waals surface area contributed by atoms with Crippen LogP contribution in [0.5, 0.6) is 5.75 Å². The first-order valence-electron chi connectivity index (χ1n) is 5.69. The van der Waals surface area contributed by atoms with Crippen LogP contribution in [0.2, 0.25) is 5.02 Å². The summed E-state index contributed by atoms with van der Waals surface area (Å²) in [6.45, 7) is 1.65. The minimum Gasteiger partial charge on any atom is -0.466 e. The molecule has 108 valence electrons. The maximum absolute atomic E-state index is 11.8. The molecule has 0 unspecified atom stereocenters. The molecular formula is C12H15ClF3NO2. The lowest BCUT2D eigenvalue weighted by Crippen LogP contribution is -2.19. The van der Waals surface area contributed by atoms with Gasteiger partial charge < -0.3 is 14.8 Å². The molecule has 0 saturated heterocycles. The molecule has 19 heavy (non-hydrogen) atoms. The molecule has 0 aromatic heterocycles. The van der Waals surface area contributed by atoms with Gasteiger partial charge in [0.2, 0.25) is 0 Å². The van der Waals surface area contributed by atoms with E-state index in [0.29, 0.717) is 17.3 Å². The molecule has 0 spiro atoms. The van der Waals surface area contributed by atoms with Crippen molar-refractivity contribution in [3.8, 4) is 5.75 Å². The minimum atomic E-state index is -4.36. The zero-order valence-electron chi connectivity index (χ0n) is 10.4. The number of rotatable bonds is 7. The van der Waals surface area contributed by atoms with E-state index in [1.807, 2.05) is 6.92 Å². The maximum atomic E-state index is 11.8. The molecule has 0 bridgehead atoms. The fourth-order valence-electron chi connectivity index (χ4n) is 1.30. The van der Waals surface area contributed by atoms with Gasteiger partial charge in [-0.25, -0.2) is 0 Å². The number of halogens is 4. The lowest BCUT2D eigenvalue weighted by Gasteiger charge is -2.11. The van der Waals surface area contributed by atoms with Gasteiger partial charge in [0, 0.05) is 6.54 Å². The van der Waals surface area contributed by atoms with E-state index in [1.165, 1.54) is 0 Å². The standard InChI is InChI=1S/C12H15ClF3NO2/c1-2-17-6-9-3-4-11(10(13)5-9)19-8-18-7-12(14,15)16/h3-5,17H,2,6-8H2,1H3. The molecule has 0 heterocycles. The number of hydrogen-bond donors (Lipinski definition) is 1. The van der Waals surface area contributed by atoms with E-state index in [4.69, 9.17) is 16.3 Å². The monoisotopic (exact) mass is 297 g/mol.